The number of benzene rings is 1. The number of hydrogen-bond acceptors (Lipinski definition) is 3. The maximum atomic E-state index is 11.0. The normalized spacial score (nSPS) is 10.3. The lowest BCUT2D eigenvalue weighted by molar-refractivity contribution is 0.0692. The van der Waals surface area contributed by atoms with Gasteiger partial charge in [0.25, 0.3) is 0 Å². The van der Waals surface area contributed by atoms with Gasteiger partial charge in [0.2, 0.25) is 0 Å². The van der Waals surface area contributed by atoms with Gasteiger partial charge in [0.05, 0.1) is 4.88 Å². The highest BCUT2D eigenvalue weighted by Crippen LogP contribution is 2.30. The Morgan fingerprint density at radius 1 is 1.50 bits per heavy atom. The summed E-state index contributed by atoms with van der Waals surface area (Å²) in [4.78, 5) is 14.3. The second-order valence-electron chi connectivity index (χ2n) is 3.03. The summed E-state index contributed by atoms with van der Waals surface area (Å²) < 4.78 is 1.37. The Morgan fingerprint density at radius 2 is 2.25 bits per heavy atom. The van der Waals surface area contributed by atoms with E-state index in [2.05, 4.69) is 20.9 Å². The van der Waals surface area contributed by atoms with E-state index in [4.69, 9.17) is 17.3 Å². The van der Waals surface area contributed by atoms with Crippen LogP contribution in [0.5, 0.6) is 0 Å². The van der Waals surface area contributed by atoms with Gasteiger partial charge in [-0.05, 0) is 29.9 Å². The maximum Gasteiger partial charge on any atom is 0.353 e. The predicted molar refractivity (Wildman–Crippen MR) is 69.6 cm³/mol. The number of thiazole rings is 1. The van der Waals surface area contributed by atoms with Crippen LogP contribution in [0.4, 0.5) is 0 Å². The van der Waals surface area contributed by atoms with Crippen molar-refractivity contribution in [2.24, 2.45) is 0 Å². The first kappa shape index (κ1) is 11.5. The average molecular weight is 316 g/mol. The van der Waals surface area contributed by atoms with Gasteiger partial charge >= 0.3 is 5.97 Å². The molecule has 0 amide bonds. The summed E-state index contributed by atoms with van der Waals surface area (Å²) in [6.45, 7) is 0. The van der Waals surface area contributed by atoms with Crippen molar-refractivity contribution in [2.45, 2.75) is 0 Å². The molecule has 0 unspecified atom stereocenters. The molecule has 0 saturated heterocycles. The molecule has 16 heavy (non-hydrogen) atoms. The van der Waals surface area contributed by atoms with Gasteiger partial charge in [0, 0.05) is 4.47 Å². The van der Waals surface area contributed by atoms with E-state index >= 15 is 0 Å². The third-order valence-corrected chi connectivity index (χ3v) is 3.73. The topological polar surface area (TPSA) is 53.1 Å². The Labute approximate surface area is 109 Å². The van der Waals surface area contributed by atoms with E-state index in [0.29, 0.717) is 8.83 Å². The van der Waals surface area contributed by atoms with E-state index in [1.807, 2.05) is 24.3 Å². The SMILES string of the molecule is O=C(O)c1[nH]c(=S)sc1-c1cccc(Br)c1. The van der Waals surface area contributed by atoms with E-state index in [9.17, 15) is 4.79 Å². The first-order valence-electron chi connectivity index (χ1n) is 4.30. The Balaban J connectivity index is 2.64. The van der Waals surface area contributed by atoms with Crippen LogP contribution in [0.2, 0.25) is 0 Å². The molecule has 1 aromatic heterocycles. The molecule has 0 aliphatic heterocycles. The lowest BCUT2D eigenvalue weighted by atomic mass is 10.1. The van der Waals surface area contributed by atoms with Crippen LogP contribution in [0.1, 0.15) is 10.5 Å². The van der Waals surface area contributed by atoms with Gasteiger partial charge in [0.15, 0.2) is 3.95 Å². The Kier molecular flexibility index (Phi) is 3.22. The van der Waals surface area contributed by atoms with Crippen molar-refractivity contribution in [2.75, 3.05) is 0 Å². The highest BCUT2D eigenvalue weighted by Gasteiger charge is 2.15. The molecule has 2 rings (SSSR count). The zero-order valence-electron chi connectivity index (χ0n) is 7.86. The van der Waals surface area contributed by atoms with Crippen molar-refractivity contribution < 1.29 is 9.90 Å². The maximum absolute atomic E-state index is 11.0. The van der Waals surface area contributed by atoms with Crippen LogP contribution in [-0.4, -0.2) is 16.1 Å². The quantitative estimate of drug-likeness (QED) is 0.825. The van der Waals surface area contributed by atoms with Crippen LogP contribution in [0.15, 0.2) is 28.7 Å². The minimum Gasteiger partial charge on any atom is -0.477 e. The third kappa shape index (κ3) is 2.23. The van der Waals surface area contributed by atoms with Crippen LogP contribution >= 0.6 is 39.5 Å². The number of aromatic carboxylic acids is 1. The van der Waals surface area contributed by atoms with E-state index in [0.717, 1.165) is 10.0 Å². The lowest BCUT2D eigenvalue weighted by Crippen LogP contribution is -1.98. The fourth-order valence-electron chi connectivity index (χ4n) is 1.31. The lowest BCUT2D eigenvalue weighted by Gasteiger charge is -1.99. The highest BCUT2D eigenvalue weighted by molar-refractivity contribution is 9.10. The van der Waals surface area contributed by atoms with E-state index in [-0.39, 0.29) is 5.69 Å². The molecule has 0 aliphatic carbocycles. The van der Waals surface area contributed by atoms with Crippen molar-refractivity contribution >= 4 is 45.5 Å². The molecule has 0 bridgehead atoms. The minimum absolute atomic E-state index is 0.146. The van der Waals surface area contributed by atoms with Gasteiger partial charge in [-0.2, -0.15) is 0 Å². The van der Waals surface area contributed by atoms with E-state index < -0.39 is 5.97 Å². The van der Waals surface area contributed by atoms with Crippen molar-refractivity contribution in [3.63, 3.8) is 0 Å². The molecule has 0 saturated carbocycles. The van der Waals surface area contributed by atoms with Gasteiger partial charge in [0.1, 0.15) is 5.69 Å². The van der Waals surface area contributed by atoms with Crippen LogP contribution in [0, 0.1) is 3.95 Å². The fraction of sp³-hybridized carbons (Fsp3) is 0. The van der Waals surface area contributed by atoms with Crippen molar-refractivity contribution in [1.82, 2.24) is 4.98 Å². The molecule has 2 aromatic rings. The number of nitrogens with one attached hydrogen (secondary N) is 1. The second-order valence-corrected chi connectivity index (χ2v) is 5.64. The van der Waals surface area contributed by atoms with Crippen LogP contribution in [0.3, 0.4) is 0 Å². The first-order chi connectivity index (χ1) is 7.58. The molecule has 82 valence electrons. The molecule has 3 nitrogen and oxygen atoms in total. The molecule has 1 heterocycles. The summed E-state index contributed by atoms with van der Waals surface area (Å²) >= 11 is 9.57. The number of carbonyl (C=O) groups is 1. The number of aromatic nitrogens is 1. The number of halogens is 1. The predicted octanol–water partition coefficient (Wildman–Crippen LogP) is 3.93. The summed E-state index contributed by atoms with van der Waals surface area (Å²) in [5.41, 5.74) is 0.984. The second kappa shape index (κ2) is 4.48. The zero-order chi connectivity index (χ0) is 11.7. The Bertz CT molecular complexity index is 603. The summed E-state index contributed by atoms with van der Waals surface area (Å²) in [7, 11) is 0. The molecular formula is C10H6BrNO2S2. The molecule has 0 atom stereocenters. The molecule has 1 aromatic carbocycles. The number of rotatable bonds is 2. The number of aromatic amines is 1. The molecular weight excluding hydrogens is 310 g/mol. The van der Waals surface area contributed by atoms with E-state index in [1.165, 1.54) is 11.3 Å². The van der Waals surface area contributed by atoms with Crippen LogP contribution in [0.25, 0.3) is 10.4 Å². The standard InChI is InChI=1S/C10H6BrNO2S2/c11-6-3-1-2-5(4-6)8-7(9(13)14)12-10(15)16-8/h1-4H,(H,12,15)(H,13,14). The van der Waals surface area contributed by atoms with Crippen LogP contribution in [-0.2, 0) is 0 Å². The van der Waals surface area contributed by atoms with Crippen LogP contribution < -0.4 is 0 Å². The summed E-state index contributed by atoms with van der Waals surface area (Å²) in [5, 5.41) is 9.03. The van der Waals surface area contributed by atoms with Gasteiger partial charge in [-0.15, -0.1) is 11.3 Å². The molecule has 0 fully saturated rings. The Morgan fingerprint density at radius 3 is 2.88 bits per heavy atom. The summed E-state index contributed by atoms with van der Waals surface area (Å²) in [6.07, 6.45) is 0. The number of carboxylic acid groups (broad SMARTS) is 1. The Hall–Kier alpha value is -0.980. The molecule has 2 N–H and O–H groups in total. The number of H-pyrrole nitrogens is 1. The van der Waals surface area contributed by atoms with Gasteiger partial charge in [-0.3, -0.25) is 0 Å². The molecule has 0 spiro atoms. The highest BCUT2D eigenvalue weighted by atomic mass is 79.9. The van der Waals surface area contributed by atoms with Gasteiger partial charge < -0.3 is 10.1 Å². The molecule has 0 radical (unpaired) electrons. The zero-order valence-corrected chi connectivity index (χ0v) is 11.1. The average Bonchev–Trinajstić information content (AvgIpc) is 2.60. The minimum atomic E-state index is -0.998. The molecule has 0 aliphatic rings. The van der Waals surface area contributed by atoms with E-state index in [1.54, 1.807) is 0 Å². The van der Waals surface area contributed by atoms with Crippen molar-refractivity contribution in [3.8, 4) is 10.4 Å². The summed E-state index contributed by atoms with van der Waals surface area (Å²) in [5.74, 6) is -0.998. The number of hydrogen-bond donors (Lipinski definition) is 2. The smallest absolute Gasteiger partial charge is 0.353 e. The monoisotopic (exact) mass is 315 g/mol. The van der Waals surface area contributed by atoms with Gasteiger partial charge in [-0.25, -0.2) is 4.79 Å². The first-order valence-corrected chi connectivity index (χ1v) is 6.32. The largest absolute Gasteiger partial charge is 0.477 e. The van der Waals surface area contributed by atoms with Crippen molar-refractivity contribution in [1.29, 1.82) is 0 Å². The molecule has 6 heteroatoms. The van der Waals surface area contributed by atoms with Crippen molar-refractivity contribution in [3.05, 3.63) is 38.4 Å². The fourth-order valence-corrected chi connectivity index (χ4v) is 2.89. The summed E-state index contributed by atoms with van der Waals surface area (Å²) in [6, 6.07) is 7.45. The third-order valence-electron chi connectivity index (χ3n) is 1.95. The number of carboxylic acids is 1. The van der Waals surface area contributed by atoms with Gasteiger partial charge in [-0.1, -0.05) is 28.1 Å².